The number of hydrogen-bond acceptors (Lipinski definition) is 6. The van der Waals surface area contributed by atoms with Gasteiger partial charge >= 0.3 is 5.69 Å². The third kappa shape index (κ3) is 4.21. The van der Waals surface area contributed by atoms with E-state index in [1.807, 2.05) is 36.4 Å². The van der Waals surface area contributed by atoms with Gasteiger partial charge in [0.2, 0.25) is 0 Å². The fourth-order valence-electron chi connectivity index (χ4n) is 3.91. The third-order valence-electron chi connectivity index (χ3n) is 5.83. The van der Waals surface area contributed by atoms with Crippen LogP contribution in [-0.4, -0.2) is 44.1 Å². The fraction of sp³-hybridized carbons (Fsp3) is 0.292. The molecule has 0 spiro atoms. The Hall–Kier alpha value is -4.01. The Morgan fingerprint density at radius 2 is 2.00 bits per heavy atom. The van der Waals surface area contributed by atoms with Gasteiger partial charge in [0, 0.05) is 43.9 Å². The van der Waals surface area contributed by atoms with Crippen LogP contribution in [0.2, 0.25) is 0 Å². The molecule has 3 heterocycles. The number of H-pyrrole nitrogens is 1. The molecule has 4 aromatic rings. The van der Waals surface area contributed by atoms with Crippen molar-refractivity contribution in [2.75, 3.05) is 13.6 Å². The molecule has 0 bridgehead atoms. The monoisotopic (exact) mass is 445 g/mol. The number of aryl methyl sites for hydroxylation is 1. The number of nitrogens with zero attached hydrogens (tertiary/aromatic N) is 4. The number of nitrogens with one attached hydrogen (secondary N) is 1. The van der Waals surface area contributed by atoms with Crippen LogP contribution in [0.15, 0.2) is 62.8 Å². The van der Waals surface area contributed by atoms with Crippen LogP contribution in [0.25, 0.3) is 22.3 Å². The second-order valence-corrected chi connectivity index (χ2v) is 8.33. The van der Waals surface area contributed by atoms with E-state index in [2.05, 4.69) is 15.1 Å². The molecule has 1 saturated carbocycles. The fourth-order valence-corrected chi connectivity index (χ4v) is 3.91. The van der Waals surface area contributed by atoms with Crippen molar-refractivity contribution < 1.29 is 9.32 Å². The lowest BCUT2D eigenvalue weighted by Gasteiger charge is -2.17. The SMILES string of the molecule is CN(CCCc1cc(-c2ccccc2)no1)C(=O)c1cnc2c(c1)c(=O)[nH]c(=O)n2C1CC1. The van der Waals surface area contributed by atoms with Crippen LogP contribution in [0.4, 0.5) is 0 Å². The first-order valence-corrected chi connectivity index (χ1v) is 10.9. The van der Waals surface area contributed by atoms with E-state index >= 15 is 0 Å². The molecule has 9 nitrogen and oxygen atoms in total. The lowest BCUT2D eigenvalue weighted by molar-refractivity contribution is 0.0792. The van der Waals surface area contributed by atoms with Gasteiger partial charge < -0.3 is 9.42 Å². The molecule has 1 N–H and O–H groups in total. The molecule has 0 unspecified atom stereocenters. The maximum Gasteiger partial charge on any atom is 0.330 e. The first kappa shape index (κ1) is 20.9. The number of pyridine rings is 1. The van der Waals surface area contributed by atoms with Crippen molar-refractivity contribution in [3.63, 3.8) is 0 Å². The molecule has 168 valence electrons. The maximum absolute atomic E-state index is 12.9. The highest BCUT2D eigenvalue weighted by Gasteiger charge is 2.28. The predicted octanol–water partition coefficient (Wildman–Crippen LogP) is 2.78. The highest BCUT2D eigenvalue weighted by atomic mass is 16.5. The van der Waals surface area contributed by atoms with E-state index in [0.29, 0.717) is 30.6 Å². The van der Waals surface area contributed by atoms with Crippen molar-refractivity contribution in [3.8, 4) is 11.3 Å². The number of carbonyl (C=O) groups is 1. The minimum absolute atomic E-state index is 0.0621. The van der Waals surface area contributed by atoms with Gasteiger partial charge in [-0.3, -0.25) is 19.1 Å². The Balaban J connectivity index is 1.26. The van der Waals surface area contributed by atoms with Crippen molar-refractivity contribution in [1.82, 2.24) is 24.6 Å². The van der Waals surface area contributed by atoms with E-state index < -0.39 is 11.2 Å². The summed E-state index contributed by atoms with van der Waals surface area (Å²) in [6.07, 6.45) is 4.52. The molecule has 3 aromatic heterocycles. The Kier molecular flexibility index (Phi) is 5.37. The van der Waals surface area contributed by atoms with Crippen LogP contribution in [0.5, 0.6) is 0 Å². The summed E-state index contributed by atoms with van der Waals surface area (Å²) in [6, 6.07) is 13.3. The summed E-state index contributed by atoms with van der Waals surface area (Å²) < 4.78 is 6.93. The molecule has 0 radical (unpaired) electrons. The lowest BCUT2D eigenvalue weighted by atomic mass is 10.1. The molecule has 0 atom stereocenters. The Labute approximate surface area is 188 Å². The van der Waals surface area contributed by atoms with Crippen LogP contribution in [0, 0.1) is 0 Å². The van der Waals surface area contributed by atoms with Crippen LogP contribution in [0.1, 0.15) is 41.4 Å². The van der Waals surface area contributed by atoms with E-state index in [4.69, 9.17) is 4.52 Å². The highest BCUT2D eigenvalue weighted by Crippen LogP contribution is 2.34. The summed E-state index contributed by atoms with van der Waals surface area (Å²) in [5.41, 5.74) is 1.42. The van der Waals surface area contributed by atoms with Gasteiger partial charge in [-0.25, -0.2) is 9.78 Å². The zero-order chi connectivity index (χ0) is 22.9. The van der Waals surface area contributed by atoms with Crippen molar-refractivity contribution >= 4 is 16.9 Å². The molecule has 5 rings (SSSR count). The minimum Gasteiger partial charge on any atom is -0.361 e. The molecule has 9 heteroatoms. The number of rotatable bonds is 7. The molecular weight excluding hydrogens is 422 g/mol. The molecule has 1 aliphatic carbocycles. The zero-order valence-electron chi connectivity index (χ0n) is 18.2. The molecule has 0 saturated heterocycles. The van der Waals surface area contributed by atoms with E-state index in [9.17, 15) is 14.4 Å². The summed E-state index contributed by atoms with van der Waals surface area (Å²) in [7, 11) is 1.71. The number of amides is 1. The Bertz CT molecular complexity index is 1430. The first-order valence-electron chi connectivity index (χ1n) is 10.9. The Morgan fingerprint density at radius 1 is 1.21 bits per heavy atom. The standard InChI is InChI=1S/C24H23N5O4/c1-28(11-5-8-18-13-20(27-33-18)15-6-3-2-4-7-15)23(31)16-12-19-21(25-14-16)29(17-9-10-17)24(32)26-22(19)30/h2-4,6-7,12-14,17H,5,8-11H2,1H3,(H,26,30,32). The number of hydrogen-bond donors (Lipinski definition) is 1. The summed E-state index contributed by atoms with van der Waals surface area (Å²) in [6.45, 7) is 0.496. The number of benzene rings is 1. The normalized spacial score (nSPS) is 13.4. The van der Waals surface area contributed by atoms with Gasteiger partial charge in [-0.2, -0.15) is 0 Å². The van der Waals surface area contributed by atoms with Gasteiger partial charge in [-0.15, -0.1) is 0 Å². The Morgan fingerprint density at radius 3 is 2.76 bits per heavy atom. The average Bonchev–Trinajstić information content (AvgIpc) is 3.55. The first-order chi connectivity index (χ1) is 16.0. The van der Waals surface area contributed by atoms with E-state index in [1.165, 1.54) is 16.8 Å². The molecule has 1 fully saturated rings. The molecular formula is C24H23N5O4. The van der Waals surface area contributed by atoms with Crippen LogP contribution in [0.3, 0.4) is 0 Å². The zero-order valence-corrected chi connectivity index (χ0v) is 18.2. The number of carbonyl (C=O) groups excluding carboxylic acids is 1. The van der Waals surface area contributed by atoms with Gasteiger partial charge in [0.1, 0.15) is 17.1 Å². The average molecular weight is 445 g/mol. The minimum atomic E-state index is -0.531. The smallest absolute Gasteiger partial charge is 0.330 e. The third-order valence-corrected chi connectivity index (χ3v) is 5.83. The molecule has 1 aromatic carbocycles. The van der Waals surface area contributed by atoms with E-state index in [1.54, 1.807) is 11.9 Å². The van der Waals surface area contributed by atoms with Crippen molar-refractivity contribution in [2.45, 2.75) is 31.7 Å². The molecule has 0 aliphatic heterocycles. The van der Waals surface area contributed by atoms with E-state index in [-0.39, 0.29) is 17.3 Å². The van der Waals surface area contributed by atoms with Gasteiger partial charge in [0.05, 0.1) is 10.9 Å². The van der Waals surface area contributed by atoms with Gasteiger partial charge in [-0.1, -0.05) is 35.5 Å². The second-order valence-electron chi connectivity index (χ2n) is 8.33. The number of aromatic amines is 1. The molecule has 33 heavy (non-hydrogen) atoms. The van der Waals surface area contributed by atoms with Crippen molar-refractivity contribution in [2.24, 2.45) is 0 Å². The summed E-state index contributed by atoms with van der Waals surface area (Å²) in [5.74, 6) is 0.516. The summed E-state index contributed by atoms with van der Waals surface area (Å²) in [4.78, 5) is 45.6. The lowest BCUT2D eigenvalue weighted by Crippen LogP contribution is -2.31. The quantitative estimate of drug-likeness (QED) is 0.468. The van der Waals surface area contributed by atoms with Gasteiger partial charge in [0.25, 0.3) is 11.5 Å². The largest absolute Gasteiger partial charge is 0.361 e. The summed E-state index contributed by atoms with van der Waals surface area (Å²) in [5, 5.41) is 4.36. The van der Waals surface area contributed by atoms with E-state index in [0.717, 1.165) is 29.9 Å². The number of aromatic nitrogens is 4. The van der Waals surface area contributed by atoms with Crippen LogP contribution >= 0.6 is 0 Å². The van der Waals surface area contributed by atoms with Gasteiger partial charge in [-0.05, 0) is 25.3 Å². The maximum atomic E-state index is 12.9. The van der Waals surface area contributed by atoms with Crippen LogP contribution in [-0.2, 0) is 6.42 Å². The van der Waals surface area contributed by atoms with Crippen molar-refractivity contribution in [3.05, 3.63) is 80.8 Å². The van der Waals surface area contributed by atoms with Gasteiger partial charge in [0.15, 0.2) is 0 Å². The number of fused-ring (bicyclic) bond motifs is 1. The second kappa shape index (κ2) is 8.50. The van der Waals surface area contributed by atoms with Crippen molar-refractivity contribution in [1.29, 1.82) is 0 Å². The molecule has 1 aliphatic rings. The summed E-state index contributed by atoms with van der Waals surface area (Å²) >= 11 is 0. The predicted molar refractivity (Wildman–Crippen MR) is 122 cm³/mol. The topological polar surface area (TPSA) is 114 Å². The van der Waals surface area contributed by atoms with Crippen LogP contribution < -0.4 is 11.2 Å². The highest BCUT2D eigenvalue weighted by molar-refractivity contribution is 5.96. The molecule has 1 amide bonds.